The summed E-state index contributed by atoms with van der Waals surface area (Å²) in [6.45, 7) is 0.837. The zero-order valence-corrected chi connectivity index (χ0v) is 25.2. The Labute approximate surface area is 261 Å². The van der Waals surface area contributed by atoms with Gasteiger partial charge in [-0.2, -0.15) is 0 Å². The van der Waals surface area contributed by atoms with Crippen LogP contribution in [0.2, 0.25) is 0 Å². The maximum atomic E-state index is 15.8. The van der Waals surface area contributed by atoms with Gasteiger partial charge in [0.1, 0.15) is 17.5 Å². The highest BCUT2D eigenvalue weighted by molar-refractivity contribution is 6.09. The van der Waals surface area contributed by atoms with E-state index in [9.17, 15) is 27.6 Å². The van der Waals surface area contributed by atoms with Crippen molar-refractivity contribution < 1.29 is 31.5 Å². The number of rotatable bonds is 10. The number of primary amides is 1. The molecule has 2 aliphatic rings. The first-order valence-electron chi connectivity index (χ1n) is 15.1. The standard InChI is InChI=1S/C35H32F5N3O3/c1-17-26(33(45)42-31(19-11-12-19)20-5-3-6-21(36)15-20)29-23(13-14-25(38)30(29)34(46)43(17)16-35(2,39)40)27(18-9-10-18)22-7-4-8-24(37)28(22)32(41)44/h3-8,13-15,18-19,27,31H,9-12,16H2,1-2H3,(H2,41,44)(H,42,45)/t27-,31+/m1/s1. The van der Waals surface area contributed by atoms with Crippen molar-refractivity contribution >= 4 is 22.6 Å². The number of carbonyl (C=O) groups is 2. The Bertz CT molecular complexity index is 1940. The van der Waals surface area contributed by atoms with Crippen LogP contribution in [0.25, 0.3) is 10.8 Å². The van der Waals surface area contributed by atoms with E-state index in [1.54, 1.807) is 6.07 Å². The zero-order chi connectivity index (χ0) is 33.1. The fourth-order valence-corrected chi connectivity index (χ4v) is 6.66. The largest absolute Gasteiger partial charge is 0.365 e. The summed E-state index contributed by atoms with van der Waals surface area (Å²) in [4.78, 5) is 40.7. The molecular weight excluding hydrogens is 605 g/mol. The van der Waals surface area contributed by atoms with E-state index >= 15 is 8.78 Å². The summed E-state index contributed by atoms with van der Waals surface area (Å²) in [7, 11) is 0. The van der Waals surface area contributed by atoms with E-state index in [1.807, 2.05) is 0 Å². The molecule has 6 nitrogen and oxygen atoms in total. The molecule has 46 heavy (non-hydrogen) atoms. The van der Waals surface area contributed by atoms with Crippen LogP contribution in [0.4, 0.5) is 22.0 Å². The number of pyridine rings is 1. The lowest BCUT2D eigenvalue weighted by Gasteiger charge is -2.26. The number of hydrogen-bond acceptors (Lipinski definition) is 3. The Morgan fingerprint density at radius 3 is 2.20 bits per heavy atom. The van der Waals surface area contributed by atoms with Crippen LogP contribution in [-0.4, -0.2) is 22.3 Å². The quantitative estimate of drug-likeness (QED) is 0.185. The van der Waals surface area contributed by atoms with E-state index in [0.29, 0.717) is 29.9 Å². The molecule has 2 atom stereocenters. The lowest BCUT2D eigenvalue weighted by Crippen LogP contribution is -2.36. The van der Waals surface area contributed by atoms with Crippen LogP contribution in [0.5, 0.6) is 0 Å². The number of alkyl halides is 2. The maximum Gasteiger partial charge on any atom is 0.263 e. The summed E-state index contributed by atoms with van der Waals surface area (Å²) in [5, 5.41) is 2.24. The van der Waals surface area contributed by atoms with Gasteiger partial charge >= 0.3 is 0 Å². The minimum absolute atomic E-state index is 0.0240. The number of nitrogens with two attached hydrogens (primary N) is 1. The van der Waals surface area contributed by atoms with Crippen molar-refractivity contribution in [3.63, 3.8) is 0 Å². The fraction of sp³-hybridized carbons (Fsp3) is 0.343. The first-order valence-corrected chi connectivity index (χ1v) is 15.1. The van der Waals surface area contributed by atoms with Crippen LogP contribution >= 0.6 is 0 Å². The van der Waals surface area contributed by atoms with E-state index in [1.165, 1.54) is 43.3 Å². The topological polar surface area (TPSA) is 94.2 Å². The second-order valence-electron chi connectivity index (χ2n) is 12.5. The number of nitrogens with zero attached hydrogens (tertiary/aromatic N) is 1. The zero-order valence-electron chi connectivity index (χ0n) is 25.2. The summed E-state index contributed by atoms with van der Waals surface area (Å²) in [6, 6.07) is 11.5. The third-order valence-corrected chi connectivity index (χ3v) is 8.97. The Kier molecular flexibility index (Phi) is 7.98. The van der Waals surface area contributed by atoms with Crippen LogP contribution in [-0.2, 0) is 6.54 Å². The lowest BCUT2D eigenvalue weighted by molar-refractivity contribution is 0.00243. The van der Waals surface area contributed by atoms with Crippen molar-refractivity contribution in [2.45, 2.75) is 64.0 Å². The Balaban J connectivity index is 1.63. The molecule has 3 N–H and O–H groups in total. The number of carbonyl (C=O) groups excluding carboxylic acids is 2. The highest BCUT2D eigenvalue weighted by atomic mass is 19.3. The van der Waals surface area contributed by atoms with Crippen LogP contribution in [0, 0.1) is 36.2 Å². The fourth-order valence-electron chi connectivity index (χ4n) is 6.66. The van der Waals surface area contributed by atoms with Gasteiger partial charge in [0.2, 0.25) is 0 Å². The van der Waals surface area contributed by atoms with Crippen molar-refractivity contribution in [1.82, 2.24) is 9.88 Å². The molecule has 0 radical (unpaired) electrons. The average molecular weight is 638 g/mol. The van der Waals surface area contributed by atoms with Gasteiger partial charge in [-0.15, -0.1) is 0 Å². The Hall–Kier alpha value is -4.54. The first-order chi connectivity index (χ1) is 21.8. The normalized spacial score (nSPS) is 16.3. The lowest BCUT2D eigenvalue weighted by atomic mass is 9.80. The molecule has 11 heteroatoms. The van der Waals surface area contributed by atoms with Gasteiger partial charge in [0.05, 0.1) is 29.1 Å². The Morgan fingerprint density at radius 1 is 0.913 bits per heavy atom. The van der Waals surface area contributed by atoms with Crippen LogP contribution in [0.3, 0.4) is 0 Å². The molecule has 240 valence electrons. The second-order valence-corrected chi connectivity index (χ2v) is 12.5. The van der Waals surface area contributed by atoms with Crippen molar-refractivity contribution in [3.05, 3.63) is 116 Å². The van der Waals surface area contributed by atoms with Gasteiger partial charge in [-0.3, -0.25) is 14.4 Å². The van der Waals surface area contributed by atoms with E-state index in [-0.39, 0.29) is 45.2 Å². The van der Waals surface area contributed by atoms with E-state index < -0.39 is 64.6 Å². The summed E-state index contributed by atoms with van der Waals surface area (Å²) < 4.78 is 74.5. The predicted octanol–water partition coefficient (Wildman–Crippen LogP) is 6.90. The molecule has 0 spiro atoms. The molecule has 6 rings (SSSR count). The van der Waals surface area contributed by atoms with Gasteiger partial charge in [0.15, 0.2) is 0 Å². The predicted molar refractivity (Wildman–Crippen MR) is 162 cm³/mol. The summed E-state index contributed by atoms with van der Waals surface area (Å²) in [5.41, 5.74) is 4.82. The van der Waals surface area contributed by atoms with Gasteiger partial charge in [-0.25, -0.2) is 22.0 Å². The molecule has 0 aliphatic heterocycles. The van der Waals surface area contributed by atoms with E-state index in [0.717, 1.165) is 25.0 Å². The monoisotopic (exact) mass is 637 g/mol. The minimum atomic E-state index is -3.39. The van der Waals surface area contributed by atoms with Gasteiger partial charge in [-0.05, 0) is 85.4 Å². The van der Waals surface area contributed by atoms with Gasteiger partial charge in [0, 0.05) is 23.9 Å². The molecule has 0 saturated heterocycles. The molecule has 4 aromatic rings. The van der Waals surface area contributed by atoms with Crippen LogP contribution in [0.1, 0.15) is 87.7 Å². The Morgan fingerprint density at radius 2 is 1.59 bits per heavy atom. The number of fused-ring (bicyclic) bond motifs is 1. The molecule has 2 amide bonds. The smallest absolute Gasteiger partial charge is 0.263 e. The molecule has 0 bridgehead atoms. The minimum Gasteiger partial charge on any atom is -0.365 e. The molecule has 2 fully saturated rings. The molecule has 1 aromatic heterocycles. The third-order valence-electron chi connectivity index (χ3n) is 8.97. The molecule has 1 heterocycles. The summed E-state index contributed by atoms with van der Waals surface area (Å²) in [6.07, 6.45) is 2.81. The third kappa shape index (κ3) is 5.90. The van der Waals surface area contributed by atoms with Crippen molar-refractivity contribution in [2.75, 3.05) is 0 Å². The maximum absolute atomic E-state index is 15.8. The van der Waals surface area contributed by atoms with E-state index in [4.69, 9.17) is 5.73 Å². The van der Waals surface area contributed by atoms with Crippen LogP contribution < -0.4 is 16.6 Å². The highest BCUT2D eigenvalue weighted by Crippen LogP contribution is 2.50. The number of aromatic nitrogens is 1. The highest BCUT2D eigenvalue weighted by Gasteiger charge is 2.40. The summed E-state index contributed by atoms with van der Waals surface area (Å²) >= 11 is 0. The van der Waals surface area contributed by atoms with Gasteiger partial charge in [0.25, 0.3) is 23.3 Å². The molecule has 2 saturated carbocycles. The number of nitrogens with one attached hydrogen (secondary N) is 1. The number of amides is 2. The van der Waals surface area contributed by atoms with Crippen molar-refractivity contribution in [2.24, 2.45) is 17.6 Å². The van der Waals surface area contributed by atoms with Crippen molar-refractivity contribution in [1.29, 1.82) is 0 Å². The number of halogens is 5. The molecule has 0 unspecified atom stereocenters. The van der Waals surface area contributed by atoms with Crippen LogP contribution in [0.15, 0.2) is 59.4 Å². The molecule has 3 aromatic carbocycles. The SMILES string of the molecule is Cc1c(C(=O)N[C@H](c2cccc(F)c2)C2CC2)c2c([C@@H](c3cccc(F)c3C(N)=O)C3CC3)ccc(F)c2c(=O)n1CC(C)(F)F. The van der Waals surface area contributed by atoms with Gasteiger partial charge < -0.3 is 15.6 Å². The number of benzene rings is 3. The van der Waals surface area contributed by atoms with Gasteiger partial charge in [-0.1, -0.05) is 30.3 Å². The van der Waals surface area contributed by atoms with Crippen molar-refractivity contribution in [3.8, 4) is 0 Å². The van der Waals surface area contributed by atoms with E-state index in [2.05, 4.69) is 5.32 Å². The first kappa shape index (κ1) is 31.4. The summed E-state index contributed by atoms with van der Waals surface area (Å²) in [5.74, 6) is -8.54. The molecule has 2 aliphatic carbocycles. The molecular formula is C35H32F5N3O3. The second kappa shape index (κ2) is 11.7. The average Bonchev–Trinajstić information content (AvgIpc) is 3.90. The number of hydrogen-bond donors (Lipinski definition) is 2.